The first-order valence-corrected chi connectivity index (χ1v) is 8.90. The Morgan fingerprint density at radius 2 is 2.22 bits per heavy atom. The molecule has 1 aliphatic rings. The van der Waals surface area contributed by atoms with E-state index in [1.807, 2.05) is 17.2 Å². The molecule has 1 aromatic rings. The molecule has 2 atom stereocenters. The number of hydrogen-bond acceptors (Lipinski definition) is 5. The summed E-state index contributed by atoms with van der Waals surface area (Å²) in [6, 6.07) is 0.208. The Bertz CT molecular complexity index is 521. The van der Waals surface area contributed by atoms with Gasteiger partial charge in [-0.2, -0.15) is 0 Å². The molecule has 2 rings (SSSR count). The van der Waals surface area contributed by atoms with E-state index in [0.717, 1.165) is 24.4 Å². The van der Waals surface area contributed by atoms with E-state index in [9.17, 15) is 4.79 Å². The topological polar surface area (TPSA) is 68.5 Å². The Morgan fingerprint density at radius 3 is 2.70 bits per heavy atom. The molecule has 1 fully saturated rings. The predicted molar refractivity (Wildman–Crippen MR) is 96.2 cm³/mol. The molecule has 0 aliphatic heterocycles. The van der Waals surface area contributed by atoms with Crippen molar-refractivity contribution in [2.24, 2.45) is 11.1 Å². The number of carbonyl (C=O) groups excluding carboxylic acids is 1. The van der Waals surface area contributed by atoms with E-state index in [0.29, 0.717) is 18.8 Å². The normalized spacial score (nSPS) is 22.1. The Balaban J connectivity index is 0.00000264. The molecule has 2 unspecified atom stereocenters. The number of hydrogen-bond donors (Lipinski definition) is 1. The van der Waals surface area contributed by atoms with Crippen molar-refractivity contribution in [2.75, 3.05) is 13.2 Å². The fourth-order valence-electron chi connectivity index (χ4n) is 3.17. The van der Waals surface area contributed by atoms with Gasteiger partial charge in [0.05, 0.1) is 6.10 Å². The molecule has 0 spiro atoms. The van der Waals surface area contributed by atoms with Crippen molar-refractivity contribution in [1.29, 1.82) is 0 Å². The molecular weight excluding hydrogens is 334 g/mol. The van der Waals surface area contributed by atoms with E-state index >= 15 is 0 Å². The first-order chi connectivity index (χ1) is 10.5. The van der Waals surface area contributed by atoms with Crippen LogP contribution < -0.4 is 5.73 Å². The van der Waals surface area contributed by atoms with Crippen LogP contribution in [0.15, 0.2) is 5.38 Å². The van der Waals surface area contributed by atoms with Gasteiger partial charge in [0.2, 0.25) is 0 Å². The monoisotopic (exact) mass is 361 g/mol. The van der Waals surface area contributed by atoms with Crippen molar-refractivity contribution in [3.63, 3.8) is 0 Å². The molecule has 2 N–H and O–H groups in total. The zero-order chi connectivity index (χ0) is 16.3. The van der Waals surface area contributed by atoms with Crippen LogP contribution in [0.2, 0.25) is 0 Å². The fourth-order valence-corrected chi connectivity index (χ4v) is 3.82. The van der Waals surface area contributed by atoms with Crippen LogP contribution in [0.5, 0.6) is 0 Å². The smallest absolute Gasteiger partial charge is 0.273 e. The summed E-state index contributed by atoms with van der Waals surface area (Å²) in [5, 5.41) is 2.62. The van der Waals surface area contributed by atoms with E-state index in [1.54, 1.807) is 0 Å². The SMILES string of the molecule is CCCN(C(=O)c1csc(CN)n1)C1CC(OCC)C1(C)C.Cl. The van der Waals surface area contributed by atoms with Crippen molar-refractivity contribution in [2.45, 2.75) is 59.2 Å². The van der Waals surface area contributed by atoms with Gasteiger partial charge >= 0.3 is 0 Å². The lowest BCUT2D eigenvalue weighted by Gasteiger charge is -2.55. The molecule has 7 heteroatoms. The molecule has 1 aromatic heterocycles. The van der Waals surface area contributed by atoms with E-state index in [-0.39, 0.29) is 35.9 Å². The van der Waals surface area contributed by atoms with Gasteiger partial charge in [0.1, 0.15) is 10.7 Å². The number of nitrogens with zero attached hydrogens (tertiary/aromatic N) is 2. The van der Waals surface area contributed by atoms with Crippen LogP contribution >= 0.6 is 23.7 Å². The molecule has 5 nitrogen and oxygen atoms in total. The van der Waals surface area contributed by atoms with Gasteiger partial charge in [0.15, 0.2) is 0 Å². The first-order valence-electron chi connectivity index (χ1n) is 8.02. The third-order valence-corrected chi connectivity index (χ3v) is 5.41. The lowest BCUT2D eigenvalue weighted by atomic mass is 9.63. The van der Waals surface area contributed by atoms with Crippen molar-refractivity contribution >= 4 is 29.7 Å². The lowest BCUT2D eigenvalue weighted by molar-refractivity contribution is -0.140. The van der Waals surface area contributed by atoms with Crippen molar-refractivity contribution < 1.29 is 9.53 Å². The summed E-state index contributed by atoms with van der Waals surface area (Å²) in [5.74, 6) is 0.0193. The molecule has 1 heterocycles. The minimum absolute atomic E-state index is 0. The zero-order valence-electron chi connectivity index (χ0n) is 14.4. The molecule has 1 aliphatic carbocycles. The minimum Gasteiger partial charge on any atom is -0.378 e. The number of aromatic nitrogens is 1. The Morgan fingerprint density at radius 1 is 1.52 bits per heavy atom. The third kappa shape index (κ3) is 4.05. The Labute approximate surface area is 149 Å². The number of carbonyl (C=O) groups is 1. The molecule has 1 amide bonds. The maximum Gasteiger partial charge on any atom is 0.273 e. The number of rotatable bonds is 7. The van der Waals surface area contributed by atoms with Crippen LogP contribution in [0.4, 0.5) is 0 Å². The lowest BCUT2D eigenvalue weighted by Crippen LogP contribution is -2.63. The van der Waals surface area contributed by atoms with Crippen LogP contribution in [-0.2, 0) is 11.3 Å². The van der Waals surface area contributed by atoms with Crippen molar-refractivity contribution in [1.82, 2.24) is 9.88 Å². The molecule has 0 bridgehead atoms. The zero-order valence-corrected chi connectivity index (χ0v) is 16.0. The van der Waals surface area contributed by atoms with Crippen LogP contribution in [0, 0.1) is 5.41 Å². The molecule has 1 saturated carbocycles. The number of thiazole rings is 1. The second kappa shape index (κ2) is 8.42. The standard InChI is InChI=1S/C16H27N3O2S.ClH/c1-5-7-19(12-8-13(21-6-2)16(12,3)4)15(20)11-10-22-14(9-17)18-11;/h10,12-13H,5-9,17H2,1-4H3;1H. The Hall–Kier alpha value is -0.690. The highest BCUT2D eigenvalue weighted by Gasteiger charge is 2.52. The second-order valence-electron chi connectivity index (χ2n) is 6.35. The van der Waals surface area contributed by atoms with Gasteiger partial charge in [-0.25, -0.2) is 4.98 Å². The second-order valence-corrected chi connectivity index (χ2v) is 7.29. The molecule has 0 saturated heterocycles. The number of ether oxygens (including phenoxy) is 1. The van der Waals surface area contributed by atoms with Crippen LogP contribution in [0.1, 0.15) is 56.0 Å². The molecule has 0 aromatic carbocycles. The molecule has 132 valence electrons. The maximum atomic E-state index is 12.8. The van der Waals surface area contributed by atoms with Crippen molar-refractivity contribution in [3.8, 4) is 0 Å². The van der Waals surface area contributed by atoms with Gasteiger partial charge in [0.25, 0.3) is 5.91 Å². The fraction of sp³-hybridized carbons (Fsp3) is 0.750. The summed E-state index contributed by atoms with van der Waals surface area (Å²) >= 11 is 1.45. The quantitative estimate of drug-likeness (QED) is 0.810. The molecule has 0 radical (unpaired) electrons. The van der Waals surface area contributed by atoms with Gasteiger partial charge in [0, 0.05) is 36.5 Å². The number of nitrogens with two attached hydrogens (primary N) is 1. The summed E-state index contributed by atoms with van der Waals surface area (Å²) in [6.07, 6.45) is 2.07. The van der Waals surface area contributed by atoms with E-state index in [2.05, 4.69) is 25.8 Å². The van der Waals surface area contributed by atoms with Gasteiger partial charge < -0.3 is 15.4 Å². The van der Waals surface area contributed by atoms with E-state index in [1.165, 1.54) is 11.3 Å². The van der Waals surface area contributed by atoms with Gasteiger partial charge in [-0.15, -0.1) is 23.7 Å². The van der Waals surface area contributed by atoms with Crippen molar-refractivity contribution in [3.05, 3.63) is 16.1 Å². The summed E-state index contributed by atoms with van der Waals surface area (Å²) in [5.41, 5.74) is 6.10. The maximum absolute atomic E-state index is 12.8. The van der Waals surface area contributed by atoms with Gasteiger partial charge in [-0.05, 0) is 19.8 Å². The molecule has 23 heavy (non-hydrogen) atoms. The highest BCUT2D eigenvalue weighted by atomic mass is 35.5. The number of halogens is 1. The predicted octanol–water partition coefficient (Wildman–Crippen LogP) is 3.08. The number of amides is 1. The third-order valence-electron chi connectivity index (χ3n) is 4.54. The Kier molecular flexibility index (Phi) is 7.45. The minimum atomic E-state index is -0.0203. The van der Waals surface area contributed by atoms with Crippen LogP contribution in [-0.4, -0.2) is 41.1 Å². The average Bonchev–Trinajstić information content (AvgIpc) is 2.98. The first kappa shape index (κ1) is 20.4. The van der Waals surface area contributed by atoms with Crippen LogP contribution in [0.25, 0.3) is 0 Å². The molecular formula is C16H28ClN3O2S. The van der Waals surface area contributed by atoms with Crippen LogP contribution in [0.3, 0.4) is 0 Å². The summed E-state index contributed by atoms with van der Waals surface area (Å²) < 4.78 is 5.79. The average molecular weight is 362 g/mol. The highest BCUT2D eigenvalue weighted by Crippen LogP contribution is 2.46. The van der Waals surface area contributed by atoms with Gasteiger partial charge in [-0.1, -0.05) is 20.8 Å². The largest absolute Gasteiger partial charge is 0.378 e. The summed E-state index contributed by atoms with van der Waals surface area (Å²) in [4.78, 5) is 19.2. The summed E-state index contributed by atoms with van der Waals surface area (Å²) in [6.45, 7) is 10.3. The summed E-state index contributed by atoms with van der Waals surface area (Å²) in [7, 11) is 0. The highest BCUT2D eigenvalue weighted by molar-refractivity contribution is 7.09. The van der Waals surface area contributed by atoms with Gasteiger partial charge in [-0.3, -0.25) is 4.79 Å². The van der Waals surface area contributed by atoms with E-state index < -0.39 is 0 Å². The van der Waals surface area contributed by atoms with E-state index in [4.69, 9.17) is 10.5 Å².